The molecule has 24 heavy (non-hydrogen) atoms. The Hall–Kier alpha value is -2.56. The van der Waals surface area contributed by atoms with E-state index in [1.165, 1.54) is 0 Å². The van der Waals surface area contributed by atoms with E-state index in [2.05, 4.69) is 29.5 Å². The van der Waals surface area contributed by atoms with Gasteiger partial charge in [-0.2, -0.15) is 0 Å². The highest BCUT2D eigenvalue weighted by Gasteiger charge is 2.08. The third-order valence-electron chi connectivity index (χ3n) is 3.52. The molecule has 0 aliphatic heterocycles. The van der Waals surface area contributed by atoms with Crippen molar-refractivity contribution in [2.75, 3.05) is 10.6 Å². The standard InChI is InChI=1S/C19H25N3O2/c1-5-14(4)21-18-11-6-15(12-20-18)19(23)22-16-7-9-17(10-8-16)24-13(2)3/h6-14H,5H2,1-4H3,(H,20,21)(H,22,23). The fourth-order valence-electron chi connectivity index (χ4n) is 2.06. The van der Waals surface area contributed by atoms with E-state index in [1.54, 1.807) is 12.3 Å². The van der Waals surface area contributed by atoms with Crippen molar-refractivity contribution >= 4 is 17.4 Å². The molecule has 1 heterocycles. The highest BCUT2D eigenvalue weighted by Crippen LogP contribution is 2.18. The van der Waals surface area contributed by atoms with E-state index < -0.39 is 0 Å². The molecule has 0 aliphatic rings. The van der Waals surface area contributed by atoms with Gasteiger partial charge in [-0.05, 0) is 63.6 Å². The van der Waals surface area contributed by atoms with Gasteiger partial charge in [0.05, 0.1) is 11.7 Å². The molecule has 0 fully saturated rings. The average Bonchev–Trinajstić information content (AvgIpc) is 2.56. The molecule has 5 nitrogen and oxygen atoms in total. The SMILES string of the molecule is CCC(C)Nc1ccc(C(=O)Nc2ccc(OC(C)C)cc2)cn1. The van der Waals surface area contributed by atoms with E-state index in [4.69, 9.17) is 4.74 Å². The van der Waals surface area contributed by atoms with Gasteiger partial charge in [-0.25, -0.2) is 4.98 Å². The summed E-state index contributed by atoms with van der Waals surface area (Å²) in [5.74, 6) is 1.37. The fraction of sp³-hybridized carbons (Fsp3) is 0.368. The number of nitrogens with zero attached hydrogens (tertiary/aromatic N) is 1. The first-order valence-corrected chi connectivity index (χ1v) is 8.28. The Morgan fingerprint density at radius 2 is 1.83 bits per heavy atom. The monoisotopic (exact) mass is 327 g/mol. The summed E-state index contributed by atoms with van der Waals surface area (Å²) in [6, 6.07) is 11.3. The van der Waals surface area contributed by atoms with Gasteiger partial charge in [0.1, 0.15) is 11.6 Å². The largest absolute Gasteiger partial charge is 0.491 e. The summed E-state index contributed by atoms with van der Waals surface area (Å²) in [5, 5.41) is 6.13. The van der Waals surface area contributed by atoms with Gasteiger partial charge in [0, 0.05) is 17.9 Å². The molecule has 0 spiro atoms. The molecule has 5 heteroatoms. The van der Waals surface area contributed by atoms with Crippen LogP contribution in [0.5, 0.6) is 5.75 Å². The van der Waals surface area contributed by atoms with Crippen LogP contribution in [0.15, 0.2) is 42.6 Å². The number of aromatic nitrogens is 1. The van der Waals surface area contributed by atoms with Crippen LogP contribution in [0.3, 0.4) is 0 Å². The van der Waals surface area contributed by atoms with E-state index in [0.717, 1.165) is 23.7 Å². The van der Waals surface area contributed by atoms with Crippen molar-refractivity contribution in [3.8, 4) is 5.75 Å². The predicted octanol–water partition coefficient (Wildman–Crippen LogP) is 4.33. The number of hydrogen-bond donors (Lipinski definition) is 2. The van der Waals surface area contributed by atoms with Crippen molar-refractivity contribution in [1.29, 1.82) is 0 Å². The Morgan fingerprint density at radius 1 is 1.12 bits per heavy atom. The lowest BCUT2D eigenvalue weighted by molar-refractivity contribution is 0.102. The van der Waals surface area contributed by atoms with Crippen LogP contribution in [0, 0.1) is 0 Å². The maximum absolute atomic E-state index is 12.3. The van der Waals surface area contributed by atoms with Gasteiger partial charge in [-0.15, -0.1) is 0 Å². The second-order valence-corrected chi connectivity index (χ2v) is 6.03. The van der Waals surface area contributed by atoms with Crippen molar-refractivity contribution in [3.05, 3.63) is 48.2 Å². The van der Waals surface area contributed by atoms with Crippen LogP contribution in [0.1, 0.15) is 44.5 Å². The van der Waals surface area contributed by atoms with Crippen molar-refractivity contribution < 1.29 is 9.53 Å². The van der Waals surface area contributed by atoms with Gasteiger partial charge in [0.15, 0.2) is 0 Å². The predicted molar refractivity (Wildman–Crippen MR) is 97.8 cm³/mol. The zero-order valence-corrected chi connectivity index (χ0v) is 14.7. The zero-order valence-electron chi connectivity index (χ0n) is 14.7. The third kappa shape index (κ3) is 5.26. The summed E-state index contributed by atoms with van der Waals surface area (Å²) in [6.07, 6.45) is 2.72. The van der Waals surface area contributed by atoms with E-state index >= 15 is 0 Å². The Labute approximate surface area is 143 Å². The van der Waals surface area contributed by atoms with Crippen LogP contribution >= 0.6 is 0 Å². The molecule has 0 radical (unpaired) electrons. The molecule has 1 atom stereocenters. The Bertz CT molecular complexity index is 651. The molecule has 128 valence electrons. The number of rotatable bonds is 7. The van der Waals surface area contributed by atoms with Crippen LogP contribution in [0.4, 0.5) is 11.5 Å². The lowest BCUT2D eigenvalue weighted by Gasteiger charge is -2.12. The number of hydrogen-bond acceptors (Lipinski definition) is 4. The van der Waals surface area contributed by atoms with Crippen molar-refractivity contribution in [2.24, 2.45) is 0 Å². The average molecular weight is 327 g/mol. The van der Waals surface area contributed by atoms with Crippen LogP contribution < -0.4 is 15.4 Å². The number of ether oxygens (including phenoxy) is 1. The number of amides is 1. The number of benzene rings is 1. The summed E-state index contributed by atoms with van der Waals surface area (Å²) in [5.41, 5.74) is 1.24. The minimum atomic E-state index is -0.185. The second-order valence-electron chi connectivity index (χ2n) is 6.03. The van der Waals surface area contributed by atoms with E-state index in [-0.39, 0.29) is 12.0 Å². The minimum absolute atomic E-state index is 0.124. The van der Waals surface area contributed by atoms with Crippen LogP contribution in [0.25, 0.3) is 0 Å². The topological polar surface area (TPSA) is 63.2 Å². The third-order valence-corrected chi connectivity index (χ3v) is 3.52. The molecular formula is C19H25N3O2. The van der Waals surface area contributed by atoms with Crippen molar-refractivity contribution in [1.82, 2.24) is 4.98 Å². The number of carbonyl (C=O) groups excluding carboxylic acids is 1. The molecule has 2 aromatic rings. The summed E-state index contributed by atoms with van der Waals surface area (Å²) in [7, 11) is 0. The molecule has 1 aromatic carbocycles. The number of pyridine rings is 1. The van der Waals surface area contributed by atoms with Crippen molar-refractivity contribution in [2.45, 2.75) is 46.3 Å². The van der Waals surface area contributed by atoms with Gasteiger partial charge in [-0.1, -0.05) is 6.92 Å². The molecule has 2 rings (SSSR count). The van der Waals surface area contributed by atoms with Gasteiger partial charge in [0.2, 0.25) is 0 Å². The number of carbonyl (C=O) groups is 1. The first-order valence-electron chi connectivity index (χ1n) is 8.28. The molecule has 1 aromatic heterocycles. The molecule has 1 amide bonds. The van der Waals surface area contributed by atoms with Crippen LogP contribution in [0.2, 0.25) is 0 Å². The number of anilines is 2. The van der Waals surface area contributed by atoms with Gasteiger partial charge >= 0.3 is 0 Å². The highest BCUT2D eigenvalue weighted by atomic mass is 16.5. The molecule has 1 unspecified atom stereocenters. The summed E-state index contributed by atoms with van der Waals surface area (Å²) in [6.45, 7) is 8.15. The maximum atomic E-state index is 12.3. The Morgan fingerprint density at radius 3 is 2.38 bits per heavy atom. The second kappa shape index (κ2) is 8.34. The summed E-state index contributed by atoms with van der Waals surface area (Å²) >= 11 is 0. The van der Waals surface area contributed by atoms with E-state index in [1.807, 2.05) is 44.2 Å². The van der Waals surface area contributed by atoms with Gasteiger partial charge in [-0.3, -0.25) is 4.79 Å². The zero-order chi connectivity index (χ0) is 17.5. The molecule has 0 saturated carbocycles. The van der Waals surface area contributed by atoms with E-state index in [0.29, 0.717) is 11.6 Å². The normalized spacial score (nSPS) is 11.9. The van der Waals surface area contributed by atoms with Gasteiger partial charge < -0.3 is 15.4 Å². The molecule has 2 N–H and O–H groups in total. The molecule has 0 bridgehead atoms. The smallest absolute Gasteiger partial charge is 0.257 e. The Kier molecular flexibility index (Phi) is 6.18. The first kappa shape index (κ1) is 17.8. The quantitative estimate of drug-likeness (QED) is 0.794. The summed E-state index contributed by atoms with van der Waals surface area (Å²) in [4.78, 5) is 16.5. The van der Waals surface area contributed by atoms with Crippen LogP contribution in [-0.2, 0) is 0 Å². The van der Waals surface area contributed by atoms with Crippen LogP contribution in [-0.4, -0.2) is 23.0 Å². The molecule has 0 aliphatic carbocycles. The minimum Gasteiger partial charge on any atom is -0.491 e. The Balaban J connectivity index is 1.96. The summed E-state index contributed by atoms with van der Waals surface area (Å²) < 4.78 is 5.58. The fourth-order valence-corrected chi connectivity index (χ4v) is 2.06. The molecular weight excluding hydrogens is 302 g/mol. The van der Waals surface area contributed by atoms with Gasteiger partial charge in [0.25, 0.3) is 5.91 Å². The van der Waals surface area contributed by atoms with E-state index in [9.17, 15) is 4.79 Å². The number of nitrogens with one attached hydrogen (secondary N) is 2. The lowest BCUT2D eigenvalue weighted by atomic mass is 10.2. The van der Waals surface area contributed by atoms with Crippen molar-refractivity contribution in [3.63, 3.8) is 0 Å². The lowest BCUT2D eigenvalue weighted by Crippen LogP contribution is -2.16. The highest BCUT2D eigenvalue weighted by molar-refractivity contribution is 6.04. The first-order chi connectivity index (χ1) is 11.5. The maximum Gasteiger partial charge on any atom is 0.257 e. The molecule has 0 saturated heterocycles.